The second kappa shape index (κ2) is 9.81. The van der Waals surface area contributed by atoms with E-state index in [2.05, 4.69) is 19.5 Å². The summed E-state index contributed by atoms with van der Waals surface area (Å²) < 4.78 is 24.0. The van der Waals surface area contributed by atoms with Gasteiger partial charge in [-0.25, -0.2) is 14.4 Å². The van der Waals surface area contributed by atoms with Gasteiger partial charge in [0, 0.05) is 11.8 Å². The Balaban J connectivity index is 3.00. The van der Waals surface area contributed by atoms with E-state index >= 15 is 0 Å². The summed E-state index contributed by atoms with van der Waals surface area (Å²) in [6, 6.07) is 4.60. The SMILES string of the molecule is COC(=O)/C=C(/Nc1ccc(OCC(=O)OC)c(OC)c1)C(=O)OC. The highest BCUT2D eigenvalue weighted by atomic mass is 16.6. The second-order valence-electron chi connectivity index (χ2n) is 4.43. The molecular formula is C16H19NO8. The highest BCUT2D eigenvalue weighted by Crippen LogP contribution is 2.30. The van der Waals surface area contributed by atoms with Crippen LogP contribution in [0.3, 0.4) is 0 Å². The van der Waals surface area contributed by atoms with Crippen LogP contribution in [0.15, 0.2) is 30.0 Å². The molecule has 0 saturated heterocycles. The lowest BCUT2D eigenvalue weighted by Gasteiger charge is -2.13. The van der Waals surface area contributed by atoms with Crippen LogP contribution in [0.1, 0.15) is 0 Å². The van der Waals surface area contributed by atoms with Gasteiger partial charge in [0.25, 0.3) is 0 Å². The number of methoxy groups -OCH3 is 4. The number of ether oxygens (including phenoxy) is 5. The number of carbonyl (C=O) groups excluding carboxylic acids is 3. The van der Waals surface area contributed by atoms with Crippen molar-refractivity contribution < 1.29 is 38.1 Å². The molecule has 9 nitrogen and oxygen atoms in total. The Kier molecular flexibility index (Phi) is 7.77. The Morgan fingerprint density at radius 1 is 1.00 bits per heavy atom. The number of benzene rings is 1. The molecule has 25 heavy (non-hydrogen) atoms. The molecule has 0 bridgehead atoms. The minimum absolute atomic E-state index is 0.125. The van der Waals surface area contributed by atoms with E-state index in [1.54, 1.807) is 6.07 Å². The van der Waals surface area contributed by atoms with Crippen LogP contribution in [0, 0.1) is 0 Å². The van der Waals surface area contributed by atoms with Crippen molar-refractivity contribution in [2.75, 3.05) is 40.4 Å². The molecule has 0 aliphatic rings. The standard InChI is InChI=1S/C16H19NO8/c1-21-13-7-10(5-6-12(13)25-9-15(19)23-3)17-11(16(20)24-4)8-14(18)22-2/h5-8,17H,9H2,1-4H3/b11-8+. The maximum atomic E-state index is 11.7. The van der Waals surface area contributed by atoms with Crippen LogP contribution < -0.4 is 14.8 Å². The van der Waals surface area contributed by atoms with E-state index in [-0.39, 0.29) is 12.3 Å². The number of anilines is 1. The first-order valence-electron chi connectivity index (χ1n) is 6.97. The largest absolute Gasteiger partial charge is 0.493 e. The Hall–Kier alpha value is -3.23. The fraction of sp³-hybridized carbons (Fsp3) is 0.312. The van der Waals surface area contributed by atoms with Crippen molar-refractivity contribution in [3.05, 3.63) is 30.0 Å². The molecule has 1 N–H and O–H groups in total. The van der Waals surface area contributed by atoms with Crippen LogP contribution in [0.2, 0.25) is 0 Å². The summed E-state index contributed by atoms with van der Waals surface area (Å²) in [6.07, 6.45) is 0.958. The van der Waals surface area contributed by atoms with E-state index in [9.17, 15) is 14.4 Å². The van der Waals surface area contributed by atoms with E-state index in [1.807, 2.05) is 0 Å². The molecule has 0 saturated carbocycles. The highest BCUT2D eigenvalue weighted by molar-refractivity contribution is 5.98. The number of carbonyl (C=O) groups is 3. The van der Waals surface area contributed by atoms with Crippen molar-refractivity contribution >= 4 is 23.6 Å². The van der Waals surface area contributed by atoms with Gasteiger partial charge in [0.1, 0.15) is 5.70 Å². The zero-order chi connectivity index (χ0) is 18.8. The van der Waals surface area contributed by atoms with Gasteiger partial charge in [-0.05, 0) is 12.1 Å². The Bertz CT molecular complexity index is 668. The van der Waals surface area contributed by atoms with Gasteiger partial charge >= 0.3 is 17.9 Å². The third-order valence-corrected chi connectivity index (χ3v) is 2.88. The van der Waals surface area contributed by atoms with Gasteiger partial charge in [-0.3, -0.25) is 0 Å². The second-order valence-corrected chi connectivity index (χ2v) is 4.43. The monoisotopic (exact) mass is 353 g/mol. The predicted octanol–water partition coefficient (Wildman–Crippen LogP) is 0.889. The zero-order valence-corrected chi connectivity index (χ0v) is 14.3. The van der Waals surface area contributed by atoms with Crippen LogP contribution in [0.25, 0.3) is 0 Å². The molecule has 0 radical (unpaired) electrons. The van der Waals surface area contributed by atoms with Crippen LogP contribution >= 0.6 is 0 Å². The normalized spacial score (nSPS) is 10.5. The smallest absolute Gasteiger partial charge is 0.354 e. The molecular weight excluding hydrogens is 334 g/mol. The molecule has 0 aromatic heterocycles. The number of hydrogen-bond acceptors (Lipinski definition) is 9. The average molecular weight is 353 g/mol. The summed E-state index contributed by atoms with van der Waals surface area (Å²) in [5, 5.41) is 2.73. The summed E-state index contributed by atoms with van der Waals surface area (Å²) in [5.41, 5.74) is 0.294. The summed E-state index contributed by atoms with van der Waals surface area (Å²) in [4.78, 5) is 34.2. The average Bonchev–Trinajstić information content (AvgIpc) is 2.64. The van der Waals surface area contributed by atoms with E-state index < -0.39 is 17.9 Å². The molecule has 9 heteroatoms. The third kappa shape index (κ3) is 6.05. The summed E-state index contributed by atoms with van der Waals surface area (Å²) >= 11 is 0. The number of nitrogens with one attached hydrogen (secondary N) is 1. The Morgan fingerprint density at radius 3 is 2.28 bits per heavy atom. The lowest BCUT2D eigenvalue weighted by atomic mass is 10.2. The van der Waals surface area contributed by atoms with E-state index in [0.29, 0.717) is 17.2 Å². The summed E-state index contributed by atoms with van der Waals surface area (Å²) in [5.74, 6) is -1.42. The number of hydrogen-bond donors (Lipinski definition) is 1. The fourth-order valence-corrected chi connectivity index (χ4v) is 1.65. The molecule has 0 amide bonds. The van der Waals surface area contributed by atoms with Crippen molar-refractivity contribution in [3.8, 4) is 11.5 Å². The van der Waals surface area contributed by atoms with Crippen LogP contribution in [-0.2, 0) is 28.6 Å². The lowest BCUT2D eigenvalue weighted by Crippen LogP contribution is -2.16. The van der Waals surface area contributed by atoms with E-state index in [1.165, 1.54) is 40.6 Å². The maximum Gasteiger partial charge on any atom is 0.354 e. The molecule has 0 atom stereocenters. The summed E-state index contributed by atoms with van der Waals surface area (Å²) in [7, 11) is 5.03. The molecule has 0 aliphatic carbocycles. The highest BCUT2D eigenvalue weighted by Gasteiger charge is 2.15. The minimum Gasteiger partial charge on any atom is -0.493 e. The third-order valence-electron chi connectivity index (χ3n) is 2.88. The van der Waals surface area contributed by atoms with Gasteiger partial charge in [-0.15, -0.1) is 0 Å². The van der Waals surface area contributed by atoms with Crippen LogP contribution in [-0.4, -0.2) is 53.0 Å². The molecule has 0 heterocycles. The Labute approximate surface area is 144 Å². The molecule has 1 rings (SSSR count). The van der Waals surface area contributed by atoms with E-state index in [4.69, 9.17) is 9.47 Å². The predicted molar refractivity (Wildman–Crippen MR) is 86.2 cm³/mol. The van der Waals surface area contributed by atoms with Crippen molar-refractivity contribution in [3.63, 3.8) is 0 Å². The van der Waals surface area contributed by atoms with E-state index in [0.717, 1.165) is 6.08 Å². The quantitative estimate of drug-likeness (QED) is 0.414. The molecule has 1 aromatic rings. The van der Waals surface area contributed by atoms with Crippen molar-refractivity contribution in [2.24, 2.45) is 0 Å². The molecule has 0 fully saturated rings. The molecule has 0 unspecified atom stereocenters. The molecule has 1 aromatic carbocycles. The Morgan fingerprint density at radius 2 is 1.72 bits per heavy atom. The fourth-order valence-electron chi connectivity index (χ4n) is 1.65. The van der Waals surface area contributed by atoms with Gasteiger partial charge in [-0.1, -0.05) is 0 Å². The van der Waals surface area contributed by atoms with Gasteiger partial charge in [0.2, 0.25) is 0 Å². The zero-order valence-electron chi connectivity index (χ0n) is 14.3. The summed E-state index contributed by atoms with van der Waals surface area (Å²) in [6.45, 7) is -0.282. The topological polar surface area (TPSA) is 109 Å². The van der Waals surface area contributed by atoms with Crippen molar-refractivity contribution in [2.45, 2.75) is 0 Å². The first-order valence-corrected chi connectivity index (χ1v) is 6.97. The first-order chi connectivity index (χ1) is 11.9. The van der Waals surface area contributed by atoms with Gasteiger partial charge in [-0.2, -0.15) is 0 Å². The molecule has 0 aliphatic heterocycles. The maximum absolute atomic E-state index is 11.7. The van der Waals surface area contributed by atoms with Gasteiger partial charge in [0.05, 0.1) is 34.5 Å². The van der Waals surface area contributed by atoms with Crippen molar-refractivity contribution in [1.82, 2.24) is 0 Å². The van der Waals surface area contributed by atoms with Gasteiger partial charge in [0.15, 0.2) is 18.1 Å². The van der Waals surface area contributed by atoms with Gasteiger partial charge < -0.3 is 29.0 Å². The number of esters is 3. The lowest BCUT2D eigenvalue weighted by molar-refractivity contribution is -0.143. The van der Waals surface area contributed by atoms with Crippen LogP contribution in [0.5, 0.6) is 11.5 Å². The van der Waals surface area contributed by atoms with Crippen molar-refractivity contribution in [1.29, 1.82) is 0 Å². The minimum atomic E-state index is -0.754. The first kappa shape index (κ1) is 19.8. The molecule has 0 spiro atoms. The number of rotatable bonds is 8. The van der Waals surface area contributed by atoms with Crippen LogP contribution in [0.4, 0.5) is 5.69 Å². The molecule has 136 valence electrons.